The van der Waals surface area contributed by atoms with E-state index in [9.17, 15) is 13.2 Å². The third-order valence-corrected chi connectivity index (χ3v) is 8.07. The van der Waals surface area contributed by atoms with Crippen molar-refractivity contribution < 1.29 is 13.2 Å². The fraction of sp³-hybridized carbons (Fsp3) is 0.647. The van der Waals surface area contributed by atoms with Gasteiger partial charge in [-0.2, -0.15) is 0 Å². The fourth-order valence-electron chi connectivity index (χ4n) is 3.90. The Morgan fingerprint density at radius 3 is 2.52 bits per heavy atom. The van der Waals surface area contributed by atoms with Crippen molar-refractivity contribution in [1.29, 1.82) is 0 Å². The molecule has 0 unspecified atom stereocenters. The smallest absolute Gasteiger partial charge is 0.267 e. The minimum atomic E-state index is -3.28. The molecule has 1 amide bonds. The number of aromatic nitrogens is 1. The van der Waals surface area contributed by atoms with Crippen molar-refractivity contribution in [2.75, 3.05) is 5.75 Å². The summed E-state index contributed by atoms with van der Waals surface area (Å²) < 4.78 is 25.6. The van der Waals surface area contributed by atoms with Gasteiger partial charge in [-0.15, -0.1) is 0 Å². The van der Waals surface area contributed by atoms with E-state index in [0.29, 0.717) is 24.3 Å². The number of carbonyl (C=O) groups excluding carboxylic acids is 1. The van der Waals surface area contributed by atoms with Crippen LogP contribution < -0.4 is 5.73 Å². The van der Waals surface area contributed by atoms with E-state index in [-0.39, 0.29) is 11.4 Å². The Kier molecular flexibility index (Phi) is 4.21. The molecule has 2 aliphatic carbocycles. The van der Waals surface area contributed by atoms with E-state index in [2.05, 4.69) is 4.98 Å². The quantitative estimate of drug-likeness (QED) is 0.894. The van der Waals surface area contributed by atoms with E-state index in [1.807, 2.05) is 0 Å². The molecule has 0 atom stereocenters. The number of nitrogens with two attached hydrogens (primary N) is 1. The zero-order valence-corrected chi connectivity index (χ0v) is 14.4. The van der Waals surface area contributed by atoms with Crippen LogP contribution in [0.3, 0.4) is 0 Å². The van der Waals surface area contributed by atoms with E-state index < -0.39 is 20.5 Å². The predicted octanol–water partition coefficient (Wildman–Crippen LogP) is 2.47. The lowest BCUT2D eigenvalue weighted by molar-refractivity contribution is 0.0994. The molecule has 5 nitrogen and oxygen atoms in total. The third-order valence-electron chi connectivity index (χ3n) is 5.34. The average Bonchev–Trinajstić information content (AvgIpc) is 3.31. The normalized spacial score (nSPS) is 21.1. The summed E-state index contributed by atoms with van der Waals surface area (Å²) in [4.78, 5) is 15.7. The van der Waals surface area contributed by atoms with Gasteiger partial charge in [0.15, 0.2) is 9.84 Å². The molecular formula is C17H24N2O3S. The lowest BCUT2D eigenvalue weighted by Gasteiger charge is -2.38. The zero-order chi connectivity index (χ0) is 16.7. The molecule has 2 fully saturated rings. The van der Waals surface area contributed by atoms with Crippen LogP contribution in [0.2, 0.25) is 0 Å². The van der Waals surface area contributed by atoms with Crippen LogP contribution >= 0.6 is 0 Å². The SMILES string of the molecule is Cc1c(C2(S(=O)(=O)CC3CC3)CCCCC2)ccnc1C(N)=O. The van der Waals surface area contributed by atoms with Crippen LogP contribution in [0, 0.1) is 12.8 Å². The Morgan fingerprint density at radius 1 is 1.30 bits per heavy atom. The molecule has 6 heteroatoms. The minimum absolute atomic E-state index is 0.189. The number of rotatable bonds is 5. The van der Waals surface area contributed by atoms with Gasteiger partial charge < -0.3 is 5.73 Å². The minimum Gasteiger partial charge on any atom is -0.364 e. The number of carbonyl (C=O) groups is 1. The molecule has 0 aromatic carbocycles. The first-order chi connectivity index (χ1) is 10.9. The van der Waals surface area contributed by atoms with Crippen molar-refractivity contribution in [1.82, 2.24) is 4.98 Å². The number of nitrogens with zero attached hydrogens (tertiary/aromatic N) is 1. The van der Waals surface area contributed by atoms with Gasteiger partial charge in [0.1, 0.15) is 5.69 Å². The molecule has 1 heterocycles. The van der Waals surface area contributed by atoms with Gasteiger partial charge in [-0.05, 0) is 55.7 Å². The Hall–Kier alpha value is -1.43. The first-order valence-corrected chi connectivity index (χ1v) is 10.0. The summed E-state index contributed by atoms with van der Waals surface area (Å²) in [7, 11) is -3.28. The average molecular weight is 336 g/mol. The van der Waals surface area contributed by atoms with Crippen LogP contribution in [0.5, 0.6) is 0 Å². The summed E-state index contributed by atoms with van der Waals surface area (Å²) >= 11 is 0. The summed E-state index contributed by atoms with van der Waals surface area (Å²) in [5, 5.41) is 0. The number of pyridine rings is 1. The van der Waals surface area contributed by atoms with E-state index in [4.69, 9.17) is 5.73 Å². The van der Waals surface area contributed by atoms with Crippen LogP contribution in [-0.2, 0) is 14.6 Å². The highest BCUT2D eigenvalue weighted by molar-refractivity contribution is 7.92. The summed E-state index contributed by atoms with van der Waals surface area (Å²) in [5.74, 6) is -0.0211. The molecular weight excluding hydrogens is 312 g/mol. The molecule has 23 heavy (non-hydrogen) atoms. The van der Waals surface area contributed by atoms with Crippen molar-refractivity contribution in [3.8, 4) is 0 Å². The van der Waals surface area contributed by atoms with E-state index >= 15 is 0 Å². The van der Waals surface area contributed by atoms with Crippen molar-refractivity contribution in [3.63, 3.8) is 0 Å². The van der Waals surface area contributed by atoms with Crippen molar-refractivity contribution in [2.24, 2.45) is 11.7 Å². The largest absolute Gasteiger partial charge is 0.364 e. The fourth-order valence-corrected chi connectivity index (χ4v) is 6.64. The molecule has 1 aromatic rings. The first kappa shape index (κ1) is 16.4. The second kappa shape index (κ2) is 5.89. The van der Waals surface area contributed by atoms with E-state index in [1.165, 1.54) is 6.20 Å². The highest BCUT2D eigenvalue weighted by atomic mass is 32.2. The van der Waals surface area contributed by atoms with Gasteiger partial charge in [0.2, 0.25) is 0 Å². The summed E-state index contributed by atoms with van der Waals surface area (Å²) in [6, 6.07) is 1.78. The molecule has 3 rings (SSSR count). The molecule has 126 valence electrons. The van der Waals surface area contributed by atoms with Crippen LogP contribution in [0.15, 0.2) is 12.3 Å². The number of hydrogen-bond acceptors (Lipinski definition) is 4. The highest BCUT2D eigenvalue weighted by Gasteiger charge is 2.48. The number of sulfone groups is 1. The lowest BCUT2D eigenvalue weighted by atomic mass is 9.81. The molecule has 0 spiro atoms. The molecule has 2 aliphatic rings. The first-order valence-electron chi connectivity index (χ1n) is 8.35. The zero-order valence-electron chi connectivity index (χ0n) is 13.5. The molecule has 2 saturated carbocycles. The van der Waals surface area contributed by atoms with Crippen molar-refractivity contribution in [2.45, 2.75) is 56.6 Å². The van der Waals surface area contributed by atoms with Gasteiger partial charge >= 0.3 is 0 Å². The molecule has 0 aliphatic heterocycles. The Balaban J connectivity index is 2.13. The Bertz CT molecular complexity index is 717. The van der Waals surface area contributed by atoms with Gasteiger partial charge in [-0.1, -0.05) is 19.3 Å². The Labute approximate surface area is 137 Å². The standard InChI is InChI=1S/C17H24N2O3S/c1-12-14(7-10-19-15(12)16(18)20)17(8-3-2-4-9-17)23(21,22)11-13-5-6-13/h7,10,13H,2-6,8-9,11H2,1H3,(H2,18,20). The molecule has 0 saturated heterocycles. The summed E-state index contributed by atoms with van der Waals surface area (Å²) in [5.41, 5.74) is 6.96. The van der Waals surface area contributed by atoms with E-state index in [1.54, 1.807) is 13.0 Å². The maximum atomic E-state index is 13.3. The van der Waals surface area contributed by atoms with Gasteiger partial charge in [-0.25, -0.2) is 8.42 Å². The van der Waals surface area contributed by atoms with Crippen LogP contribution in [0.1, 0.15) is 66.6 Å². The maximum Gasteiger partial charge on any atom is 0.267 e. The summed E-state index contributed by atoms with van der Waals surface area (Å²) in [6.45, 7) is 1.77. The predicted molar refractivity (Wildman–Crippen MR) is 88.8 cm³/mol. The topological polar surface area (TPSA) is 90.1 Å². The van der Waals surface area contributed by atoms with Crippen molar-refractivity contribution >= 4 is 15.7 Å². The van der Waals surface area contributed by atoms with Crippen LogP contribution in [-0.4, -0.2) is 25.1 Å². The molecule has 2 N–H and O–H groups in total. The number of amides is 1. The lowest BCUT2D eigenvalue weighted by Crippen LogP contribution is -2.41. The third kappa shape index (κ3) is 2.89. The monoisotopic (exact) mass is 336 g/mol. The molecule has 1 aromatic heterocycles. The Morgan fingerprint density at radius 2 is 1.96 bits per heavy atom. The summed E-state index contributed by atoms with van der Waals surface area (Å²) in [6.07, 6.45) is 7.67. The van der Waals surface area contributed by atoms with Crippen LogP contribution in [0.4, 0.5) is 0 Å². The van der Waals surface area contributed by atoms with Gasteiger partial charge in [0.25, 0.3) is 5.91 Å². The molecule has 0 radical (unpaired) electrons. The highest BCUT2D eigenvalue weighted by Crippen LogP contribution is 2.47. The van der Waals surface area contributed by atoms with E-state index in [0.717, 1.165) is 37.7 Å². The second-order valence-corrected chi connectivity index (χ2v) is 9.32. The van der Waals surface area contributed by atoms with Crippen LogP contribution in [0.25, 0.3) is 0 Å². The van der Waals surface area contributed by atoms with Gasteiger partial charge in [-0.3, -0.25) is 9.78 Å². The maximum absolute atomic E-state index is 13.3. The number of primary amides is 1. The van der Waals surface area contributed by atoms with Crippen molar-refractivity contribution in [3.05, 3.63) is 29.1 Å². The van der Waals surface area contributed by atoms with Gasteiger partial charge in [0.05, 0.1) is 10.5 Å². The number of hydrogen-bond donors (Lipinski definition) is 1. The second-order valence-electron chi connectivity index (χ2n) is 6.98. The molecule has 0 bridgehead atoms. The van der Waals surface area contributed by atoms with Gasteiger partial charge in [0, 0.05) is 6.20 Å².